The summed E-state index contributed by atoms with van der Waals surface area (Å²) in [5.41, 5.74) is 7.46. The van der Waals surface area contributed by atoms with Crippen LogP contribution in [0.2, 0.25) is 5.02 Å². The Labute approximate surface area is 135 Å². The Kier molecular flexibility index (Phi) is 5.56. The minimum atomic E-state index is 0.149. The molecule has 0 aliphatic carbocycles. The molecule has 114 valence electrons. The lowest BCUT2D eigenvalue weighted by atomic mass is 10.1. The van der Waals surface area contributed by atoms with E-state index in [0.29, 0.717) is 10.0 Å². The predicted molar refractivity (Wildman–Crippen MR) is 89.5 cm³/mol. The zero-order valence-electron chi connectivity index (χ0n) is 12.1. The lowest BCUT2D eigenvalue weighted by Gasteiger charge is -2.21. The van der Waals surface area contributed by atoms with Crippen LogP contribution in [0.25, 0.3) is 0 Å². The second-order valence-electron chi connectivity index (χ2n) is 5.31. The molecule has 0 atom stereocenters. The van der Waals surface area contributed by atoms with Crippen molar-refractivity contribution in [2.75, 3.05) is 26.2 Å². The third-order valence-corrected chi connectivity index (χ3v) is 4.35. The smallest absolute Gasteiger partial charge is 0.219 e. The summed E-state index contributed by atoms with van der Waals surface area (Å²) < 4.78 is 0. The van der Waals surface area contributed by atoms with Crippen molar-refractivity contribution in [3.63, 3.8) is 0 Å². The highest BCUT2D eigenvalue weighted by atomic mass is 35.5. The van der Waals surface area contributed by atoms with Gasteiger partial charge in [0.05, 0.1) is 0 Å². The molecule has 1 heterocycles. The summed E-state index contributed by atoms with van der Waals surface area (Å²) in [5, 5.41) is 0.688. The maximum Gasteiger partial charge on any atom is 0.219 e. The van der Waals surface area contributed by atoms with Gasteiger partial charge in [-0.2, -0.15) is 0 Å². The lowest BCUT2D eigenvalue weighted by molar-refractivity contribution is -0.128. The Balaban J connectivity index is 2.01. The van der Waals surface area contributed by atoms with E-state index < -0.39 is 0 Å². The number of nitrogens with two attached hydrogens (primary N) is 1. The maximum atomic E-state index is 11.4. The molecule has 0 saturated carbocycles. The minimum Gasteiger partial charge on any atom is -0.389 e. The average molecular weight is 326 g/mol. The number of carbonyl (C=O) groups is 1. The number of hydrogen-bond acceptors (Lipinski definition) is 3. The maximum absolute atomic E-state index is 11.4. The van der Waals surface area contributed by atoms with E-state index in [1.54, 1.807) is 6.92 Å². The molecule has 1 fully saturated rings. The fourth-order valence-electron chi connectivity index (χ4n) is 2.51. The summed E-state index contributed by atoms with van der Waals surface area (Å²) in [5.74, 6) is 0.149. The topological polar surface area (TPSA) is 49.6 Å². The Morgan fingerprint density at radius 1 is 1.33 bits per heavy atom. The van der Waals surface area contributed by atoms with Gasteiger partial charge in [0.2, 0.25) is 5.91 Å². The fraction of sp³-hybridized carbons (Fsp3) is 0.467. The van der Waals surface area contributed by atoms with Crippen LogP contribution in [-0.4, -0.2) is 46.9 Å². The van der Waals surface area contributed by atoms with Gasteiger partial charge in [-0.1, -0.05) is 36.0 Å². The highest BCUT2D eigenvalue weighted by Crippen LogP contribution is 2.20. The van der Waals surface area contributed by atoms with Crippen molar-refractivity contribution in [1.29, 1.82) is 0 Å². The van der Waals surface area contributed by atoms with Gasteiger partial charge in [0.15, 0.2) is 0 Å². The first-order valence-electron chi connectivity index (χ1n) is 7.03. The third kappa shape index (κ3) is 4.40. The van der Waals surface area contributed by atoms with Gasteiger partial charge >= 0.3 is 0 Å². The van der Waals surface area contributed by atoms with Gasteiger partial charge in [0.1, 0.15) is 4.99 Å². The second-order valence-corrected chi connectivity index (χ2v) is 6.15. The molecule has 1 aromatic carbocycles. The fourth-order valence-corrected chi connectivity index (χ4v) is 2.88. The summed E-state index contributed by atoms with van der Waals surface area (Å²) in [6, 6.07) is 5.70. The second kappa shape index (κ2) is 7.20. The highest BCUT2D eigenvalue weighted by Gasteiger charge is 2.17. The van der Waals surface area contributed by atoms with E-state index in [4.69, 9.17) is 29.6 Å². The van der Waals surface area contributed by atoms with Crippen LogP contribution in [0.5, 0.6) is 0 Å². The Morgan fingerprint density at radius 3 is 2.71 bits per heavy atom. The van der Waals surface area contributed by atoms with Gasteiger partial charge in [0.25, 0.3) is 0 Å². The van der Waals surface area contributed by atoms with E-state index in [1.807, 2.05) is 23.1 Å². The van der Waals surface area contributed by atoms with Gasteiger partial charge in [-0.3, -0.25) is 9.69 Å². The van der Waals surface area contributed by atoms with Crippen LogP contribution in [0.15, 0.2) is 18.2 Å². The van der Waals surface area contributed by atoms with Crippen LogP contribution in [0.4, 0.5) is 0 Å². The van der Waals surface area contributed by atoms with Crippen molar-refractivity contribution < 1.29 is 4.79 Å². The molecule has 0 aromatic heterocycles. The number of amides is 1. The van der Waals surface area contributed by atoms with Crippen LogP contribution < -0.4 is 5.73 Å². The van der Waals surface area contributed by atoms with Gasteiger partial charge in [-0.15, -0.1) is 0 Å². The molecule has 1 amide bonds. The Bertz CT molecular complexity index is 550. The first kappa shape index (κ1) is 16.2. The molecule has 21 heavy (non-hydrogen) atoms. The molecular weight excluding hydrogens is 306 g/mol. The number of rotatable bonds is 3. The van der Waals surface area contributed by atoms with Crippen LogP contribution in [0.3, 0.4) is 0 Å². The number of halogens is 1. The molecule has 0 radical (unpaired) electrons. The molecule has 1 saturated heterocycles. The van der Waals surface area contributed by atoms with Gasteiger partial charge in [-0.05, 0) is 18.1 Å². The summed E-state index contributed by atoms with van der Waals surface area (Å²) in [6.07, 6.45) is 0.988. The summed E-state index contributed by atoms with van der Waals surface area (Å²) in [7, 11) is 0. The van der Waals surface area contributed by atoms with E-state index in [9.17, 15) is 4.79 Å². The van der Waals surface area contributed by atoms with Crippen molar-refractivity contribution in [2.45, 2.75) is 19.9 Å². The number of hydrogen-bond donors (Lipinski definition) is 1. The molecular formula is C15H20ClN3OS. The standard InChI is InChI=1S/C15H20ClN3OS/c1-11(20)19-6-2-5-18(7-8-19)10-13-4-3-12(15(17)21)9-14(13)16/h3-4,9H,2,5-8,10H2,1H3,(H2,17,21). The van der Waals surface area contributed by atoms with Gasteiger partial charge < -0.3 is 10.6 Å². The highest BCUT2D eigenvalue weighted by molar-refractivity contribution is 7.80. The third-order valence-electron chi connectivity index (χ3n) is 3.77. The zero-order chi connectivity index (χ0) is 15.4. The molecule has 2 rings (SSSR count). The zero-order valence-corrected chi connectivity index (χ0v) is 13.7. The SMILES string of the molecule is CC(=O)N1CCCN(Cc2ccc(C(N)=S)cc2Cl)CC1. The molecule has 4 nitrogen and oxygen atoms in total. The van der Waals surface area contributed by atoms with Crippen molar-refractivity contribution in [3.8, 4) is 0 Å². The van der Waals surface area contributed by atoms with Gasteiger partial charge in [-0.25, -0.2) is 0 Å². The molecule has 1 aliphatic heterocycles. The van der Waals surface area contributed by atoms with Crippen LogP contribution in [-0.2, 0) is 11.3 Å². The average Bonchev–Trinajstić information content (AvgIpc) is 2.66. The van der Waals surface area contributed by atoms with E-state index in [-0.39, 0.29) is 5.91 Å². The minimum absolute atomic E-state index is 0.149. The van der Waals surface area contributed by atoms with E-state index in [0.717, 1.165) is 50.3 Å². The van der Waals surface area contributed by atoms with Crippen molar-refractivity contribution >= 4 is 34.7 Å². The van der Waals surface area contributed by atoms with Crippen LogP contribution in [0, 0.1) is 0 Å². The number of nitrogens with zero attached hydrogens (tertiary/aromatic N) is 2. The monoisotopic (exact) mass is 325 g/mol. The molecule has 0 bridgehead atoms. The Hall–Kier alpha value is -1.17. The first-order valence-corrected chi connectivity index (χ1v) is 7.82. The quantitative estimate of drug-likeness (QED) is 0.864. The van der Waals surface area contributed by atoms with Gasteiger partial charge in [0, 0.05) is 50.2 Å². The van der Waals surface area contributed by atoms with E-state index in [2.05, 4.69) is 4.90 Å². The number of thiocarbonyl (C=S) groups is 1. The van der Waals surface area contributed by atoms with E-state index in [1.165, 1.54) is 0 Å². The van der Waals surface area contributed by atoms with E-state index >= 15 is 0 Å². The summed E-state index contributed by atoms with van der Waals surface area (Å²) in [6.45, 7) is 5.85. The summed E-state index contributed by atoms with van der Waals surface area (Å²) in [4.78, 5) is 16.0. The van der Waals surface area contributed by atoms with Crippen molar-refractivity contribution in [3.05, 3.63) is 34.3 Å². The molecule has 2 N–H and O–H groups in total. The number of benzene rings is 1. The van der Waals surface area contributed by atoms with Crippen molar-refractivity contribution in [1.82, 2.24) is 9.80 Å². The largest absolute Gasteiger partial charge is 0.389 e. The lowest BCUT2D eigenvalue weighted by Crippen LogP contribution is -2.33. The predicted octanol–water partition coefficient (Wildman–Crippen LogP) is 2.03. The molecule has 0 spiro atoms. The van der Waals surface area contributed by atoms with Crippen molar-refractivity contribution in [2.24, 2.45) is 5.73 Å². The van der Waals surface area contributed by atoms with Crippen LogP contribution in [0.1, 0.15) is 24.5 Å². The first-order chi connectivity index (χ1) is 9.97. The normalized spacial score (nSPS) is 16.6. The van der Waals surface area contributed by atoms with Crippen LogP contribution >= 0.6 is 23.8 Å². The molecule has 6 heteroatoms. The Morgan fingerprint density at radius 2 is 2.10 bits per heavy atom. The molecule has 0 unspecified atom stereocenters. The number of carbonyl (C=O) groups excluding carboxylic acids is 1. The molecule has 1 aliphatic rings. The molecule has 1 aromatic rings. The summed E-state index contributed by atoms with van der Waals surface area (Å²) >= 11 is 11.3.